The van der Waals surface area contributed by atoms with Crippen molar-refractivity contribution in [2.75, 3.05) is 4.43 Å². The molecule has 1 aromatic carbocycles. The van der Waals surface area contributed by atoms with Gasteiger partial charge in [-0.3, -0.25) is 9.59 Å². The maximum absolute atomic E-state index is 11.2. The SMILES string of the molecule is CC(=O)O.Cc1cccc(CC#N)c1OC(=O)CI. The standard InChI is InChI=1S/C11H10INO2.C2H4O2/c1-8-3-2-4-9(5-6-13)11(8)15-10(14)7-12;1-2(3)4/h2-4H,5,7H2,1H3;1H3,(H,3,4). The van der Waals surface area contributed by atoms with Crippen LogP contribution in [0.15, 0.2) is 18.2 Å². The van der Waals surface area contributed by atoms with Crippen molar-refractivity contribution in [2.24, 2.45) is 0 Å². The lowest BCUT2D eigenvalue weighted by atomic mass is 10.1. The van der Waals surface area contributed by atoms with Crippen LogP contribution in [0, 0.1) is 18.3 Å². The first-order valence-electron chi connectivity index (χ1n) is 5.34. The number of alkyl halides is 1. The van der Waals surface area contributed by atoms with E-state index < -0.39 is 5.97 Å². The Labute approximate surface area is 125 Å². The molecule has 19 heavy (non-hydrogen) atoms. The Morgan fingerprint density at radius 3 is 2.53 bits per heavy atom. The number of carboxylic acid groups (broad SMARTS) is 1. The smallest absolute Gasteiger partial charge is 0.321 e. The third-order valence-corrected chi connectivity index (χ3v) is 2.51. The van der Waals surface area contributed by atoms with E-state index in [1.807, 2.05) is 47.7 Å². The summed E-state index contributed by atoms with van der Waals surface area (Å²) in [5.74, 6) is -0.593. The van der Waals surface area contributed by atoms with Gasteiger partial charge in [-0.1, -0.05) is 40.8 Å². The van der Waals surface area contributed by atoms with Crippen LogP contribution >= 0.6 is 22.6 Å². The molecule has 0 aliphatic carbocycles. The molecule has 0 saturated heterocycles. The van der Waals surface area contributed by atoms with Crippen LogP contribution in [0.5, 0.6) is 5.75 Å². The van der Waals surface area contributed by atoms with Crippen molar-refractivity contribution in [3.05, 3.63) is 29.3 Å². The van der Waals surface area contributed by atoms with E-state index in [2.05, 4.69) is 0 Å². The van der Waals surface area contributed by atoms with Crippen molar-refractivity contribution in [1.29, 1.82) is 5.26 Å². The van der Waals surface area contributed by atoms with Crippen LogP contribution in [0.3, 0.4) is 0 Å². The lowest BCUT2D eigenvalue weighted by molar-refractivity contribution is -0.134. The maximum atomic E-state index is 11.2. The number of carbonyl (C=O) groups excluding carboxylic acids is 1. The zero-order chi connectivity index (χ0) is 14.8. The van der Waals surface area contributed by atoms with Crippen LogP contribution in [0.4, 0.5) is 0 Å². The third kappa shape index (κ3) is 7.41. The van der Waals surface area contributed by atoms with E-state index in [4.69, 9.17) is 19.9 Å². The van der Waals surface area contributed by atoms with Gasteiger partial charge in [-0.25, -0.2) is 0 Å². The first-order chi connectivity index (χ1) is 8.92. The molecular formula is C13H14INO4. The summed E-state index contributed by atoms with van der Waals surface area (Å²) in [5, 5.41) is 16.1. The Balaban J connectivity index is 0.000000711. The van der Waals surface area contributed by atoms with E-state index in [0.29, 0.717) is 10.2 Å². The summed E-state index contributed by atoms with van der Waals surface area (Å²) in [6.45, 7) is 2.94. The maximum Gasteiger partial charge on any atom is 0.321 e. The number of esters is 1. The first kappa shape index (κ1) is 17.4. The lowest BCUT2D eigenvalue weighted by Gasteiger charge is -2.09. The molecule has 0 amide bonds. The molecule has 0 fully saturated rings. The number of aryl methyl sites for hydroxylation is 1. The van der Waals surface area contributed by atoms with Gasteiger partial charge in [-0.05, 0) is 12.5 Å². The number of nitriles is 1. The molecule has 0 saturated carbocycles. The Kier molecular flexibility index (Phi) is 8.53. The summed E-state index contributed by atoms with van der Waals surface area (Å²) in [7, 11) is 0. The number of benzene rings is 1. The Morgan fingerprint density at radius 2 is 2.05 bits per heavy atom. The second-order valence-corrected chi connectivity index (χ2v) is 4.29. The fourth-order valence-corrected chi connectivity index (χ4v) is 1.38. The minimum absolute atomic E-state index is 0.255. The molecule has 1 rings (SSSR count). The molecule has 1 aromatic rings. The number of ether oxygens (including phenoxy) is 1. The summed E-state index contributed by atoms with van der Waals surface area (Å²) in [4.78, 5) is 20.2. The highest BCUT2D eigenvalue weighted by Crippen LogP contribution is 2.24. The van der Waals surface area contributed by atoms with Crippen LogP contribution in [0.1, 0.15) is 18.1 Å². The van der Waals surface area contributed by atoms with Gasteiger partial charge >= 0.3 is 5.97 Å². The highest BCUT2D eigenvalue weighted by molar-refractivity contribution is 14.1. The molecule has 0 bridgehead atoms. The van der Waals surface area contributed by atoms with E-state index in [1.54, 1.807) is 6.07 Å². The second kappa shape index (κ2) is 9.33. The summed E-state index contributed by atoms with van der Waals surface area (Å²) >= 11 is 1.95. The van der Waals surface area contributed by atoms with Gasteiger partial charge < -0.3 is 9.84 Å². The van der Waals surface area contributed by atoms with Gasteiger partial charge in [0.1, 0.15) is 5.75 Å². The molecule has 0 aliphatic heterocycles. The summed E-state index contributed by atoms with van der Waals surface area (Å²) in [5.41, 5.74) is 1.64. The predicted octanol–water partition coefficient (Wildman–Crippen LogP) is 2.49. The van der Waals surface area contributed by atoms with Crippen LogP contribution < -0.4 is 4.74 Å². The van der Waals surface area contributed by atoms with Gasteiger partial charge in [0.15, 0.2) is 0 Å². The third-order valence-electron chi connectivity index (χ3n) is 1.89. The summed E-state index contributed by atoms with van der Waals surface area (Å²) < 4.78 is 5.48. The quantitative estimate of drug-likeness (QED) is 0.380. The van der Waals surface area contributed by atoms with Gasteiger partial charge in [-0.15, -0.1) is 0 Å². The molecule has 0 heterocycles. The highest BCUT2D eigenvalue weighted by Gasteiger charge is 2.10. The fourth-order valence-electron chi connectivity index (χ4n) is 1.22. The van der Waals surface area contributed by atoms with E-state index >= 15 is 0 Å². The normalized spacial score (nSPS) is 8.74. The predicted molar refractivity (Wildman–Crippen MR) is 78.3 cm³/mol. The Hall–Kier alpha value is -1.62. The average molecular weight is 375 g/mol. The average Bonchev–Trinajstić information content (AvgIpc) is 2.33. The highest BCUT2D eigenvalue weighted by atomic mass is 127. The number of hydrogen-bond acceptors (Lipinski definition) is 4. The van der Waals surface area contributed by atoms with Gasteiger partial charge in [0.05, 0.1) is 16.9 Å². The number of rotatable bonds is 3. The van der Waals surface area contributed by atoms with Crippen molar-refractivity contribution in [3.8, 4) is 11.8 Å². The molecule has 1 N–H and O–H groups in total. The van der Waals surface area contributed by atoms with Gasteiger partial charge in [0, 0.05) is 12.5 Å². The lowest BCUT2D eigenvalue weighted by Crippen LogP contribution is -2.11. The zero-order valence-corrected chi connectivity index (χ0v) is 12.8. The van der Waals surface area contributed by atoms with Crippen LogP contribution in [0.25, 0.3) is 0 Å². The molecular weight excluding hydrogens is 361 g/mol. The second-order valence-electron chi connectivity index (χ2n) is 3.52. The molecule has 0 radical (unpaired) electrons. The summed E-state index contributed by atoms with van der Waals surface area (Å²) in [6, 6.07) is 7.56. The van der Waals surface area contributed by atoms with Gasteiger partial charge in [-0.2, -0.15) is 5.26 Å². The van der Waals surface area contributed by atoms with Crippen molar-refractivity contribution in [2.45, 2.75) is 20.3 Å². The van der Waals surface area contributed by atoms with Gasteiger partial charge in [0.25, 0.3) is 5.97 Å². The number of halogens is 1. The van der Waals surface area contributed by atoms with Crippen LogP contribution in [-0.2, 0) is 16.0 Å². The van der Waals surface area contributed by atoms with Gasteiger partial charge in [0.2, 0.25) is 0 Å². The number of hydrogen-bond donors (Lipinski definition) is 1. The molecule has 0 spiro atoms. The van der Waals surface area contributed by atoms with Crippen molar-refractivity contribution >= 4 is 34.5 Å². The number of carbonyl (C=O) groups is 2. The topological polar surface area (TPSA) is 87.4 Å². The molecule has 0 aliphatic rings. The number of carboxylic acids is 1. The van der Waals surface area contributed by atoms with E-state index in [9.17, 15) is 4.79 Å². The molecule has 5 nitrogen and oxygen atoms in total. The minimum Gasteiger partial charge on any atom is -0.481 e. The number of aliphatic carboxylic acids is 1. The summed E-state index contributed by atoms with van der Waals surface area (Å²) in [6.07, 6.45) is 0.255. The molecule has 102 valence electrons. The fraction of sp³-hybridized carbons (Fsp3) is 0.308. The molecule has 6 heteroatoms. The molecule has 0 unspecified atom stereocenters. The zero-order valence-electron chi connectivity index (χ0n) is 10.6. The largest absolute Gasteiger partial charge is 0.481 e. The number of nitrogens with zero attached hydrogens (tertiary/aromatic N) is 1. The van der Waals surface area contributed by atoms with E-state index in [1.165, 1.54) is 0 Å². The van der Waals surface area contributed by atoms with Crippen LogP contribution in [-0.4, -0.2) is 21.5 Å². The van der Waals surface area contributed by atoms with Crippen molar-refractivity contribution in [3.63, 3.8) is 0 Å². The first-order valence-corrected chi connectivity index (χ1v) is 6.86. The Bertz CT molecular complexity index is 490. The minimum atomic E-state index is -0.833. The molecule has 0 aromatic heterocycles. The Morgan fingerprint density at radius 1 is 1.47 bits per heavy atom. The monoisotopic (exact) mass is 375 g/mol. The van der Waals surface area contributed by atoms with Crippen LogP contribution in [0.2, 0.25) is 0 Å². The van der Waals surface area contributed by atoms with E-state index in [-0.39, 0.29) is 12.4 Å². The van der Waals surface area contributed by atoms with Crippen molar-refractivity contribution < 1.29 is 19.4 Å². The van der Waals surface area contributed by atoms with E-state index in [0.717, 1.165) is 18.1 Å². The number of para-hydroxylation sites is 1. The van der Waals surface area contributed by atoms with Crippen molar-refractivity contribution in [1.82, 2.24) is 0 Å². The molecule has 0 atom stereocenters.